The van der Waals surface area contributed by atoms with E-state index in [0.29, 0.717) is 16.3 Å². The summed E-state index contributed by atoms with van der Waals surface area (Å²) in [5, 5.41) is 12.2. The van der Waals surface area contributed by atoms with Crippen molar-refractivity contribution in [3.8, 4) is 11.1 Å². The molecule has 7 nitrogen and oxygen atoms in total. The van der Waals surface area contributed by atoms with Gasteiger partial charge in [-0.1, -0.05) is 61.1 Å². The first-order valence-electron chi connectivity index (χ1n) is 15.8. The lowest BCUT2D eigenvalue weighted by Gasteiger charge is -2.41. The number of thiazole rings is 1. The number of carbonyl (C=O) groups is 1. The number of rotatable bonds is 6. The standard InChI is InChI=1S/C36H43ClN4O3S/c1-21-28(24-11-12-25-20-41(16-13-23(25)19-24)34-39-30-26(37)9-8-10-27(30)45-34)31(40-17-14-36(6,7)15-18-40)29(22(2)38-21)32(33(42)43)44-35(3,4)5/h8-12,19,32H,13-18,20H2,1-7H3,(H,42,43). The zero-order valence-electron chi connectivity index (χ0n) is 27.3. The van der Waals surface area contributed by atoms with E-state index in [1.165, 1.54) is 11.1 Å². The monoisotopic (exact) mass is 646 g/mol. The van der Waals surface area contributed by atoms with Crippen molar-refractivity contribution < 1.29 is 14.6 Å². The Kier molecular flexibility index (Phi) is 8.38. The maximum Gasteiger partial charge on any atom is 0.337 e. The van der Waals surface area contributed by atoms with Crippen molar-refractivity contribution in [1.29, 1.82) is 0 Å². The Hall–Kier alpha value is -3.20. The van der Waals surface area contributed by atoms with Gasteiger partial charge in [0.2, 0.25) is 0 Å². The Balaban J connectivity index is 1.42. The molecule has 4 aromatic rings. The highest BCUT2D eigenvalue weighted by molar-refractivity contribution is 7.22. The number of aliphatic carboxylic acids is 1. The number of aromatic nitrogens is 2. The molecule has 1 saturated heterocycles. The lowest BCUT2D eigenvalue weighted by molar-refractivity contribution is -0.160. The van der Waals surface area contributed by atoms with Crippen molar-refractivity contribution in [2.24, 2.45) is 5.41 Å². The number of carboxylic acids is 1. The highest BCUT2D eigenvalue weighted by Gasteiger charge is 2.36. The number of carboxylic acid groups (broad SMARTS) is 1. The number of pyridine rings is 1. The molecule has 1 unspecified atom stereocenters. The summed E-state index contributed by atoms with van der Waals surface area (Å²) in [5.41, 5.74) is 8.34. The second kappa shape index (κ2) is 11.9. The summed E-state index contributed by atoms with van der Waals surface area (Å²) in [6.45, 7) is 17.6. The second-order valence-corrected chi connectivity index (χ2v) is 15.7. The van der Waals surface area contributed by atoms with E-state index in [9.17, 15) is 9.90 Å². The SMILES string of the molecule is Cc1nc(C)c(C(OC(C)(C)C)C(=O)O)c(N2CCC(C)(C)CC2)c1-c1ccc2c(c1)CCN(c1nc3c(Cl)cccc3s1)C2. The van der Waals surface area contributed by atoms with Crippen LogP contribution in [0, 0.1) is 19.3 Å². The smallest absolute Gasteiger partial charge is 0.337 e. The lowest BCUT2D eigenvalue weighted by Crippen LogP contribution is -2.39. The molecule has 0 bridgehead atoms. The molecule has 0 spiro atoms. The fourth-order valence-electron chi connectivity index (χ4n) is 6.67. The third-order valence-electron chi connectivity index (χ3n) is 9.11. The number of nitrogens with zero attached hydrogens (tertiary/aromatic N) is 4. The van der Waals surface area contributed by atoms with Crippen molar-refractivity contribution in [2.75, 3.05) is 29.4 Å². The largest absolute Gasteiger partial charge is 0.479 e. The molecule has 0 saturated carbocycles. The Bertz CT molecular complexity index is 1770. The minimum atomic E-state index is -1.13. The summed E-state index contributed by atoms with van der Waals surface area (Å²) in [6, 6.07) is 12.6. The average molecular weight is 647 g/mol. The minimum absolute atomic E-state index is 0.244. The zero-order chi connectivity index (χ0) is 32.3. The number of piperidine rings is 1. The number of hydrogen-bond acceptors (Lipinski definition) is 7. The molecule has 2 aliphatic rings. The molecule has 4 heterocycles. The van der Waals surface area contributed by atoms with Crippen LogP contribution in [0.3, 0.4) is 0 Å². The molecule has 2 aliphatic heterocycles. The number of aryl methyl sites for hydroxylation is 2. The summed E-state index contributed by atoms with van der Waals surface area (Å²) in [7, 11) is 0. The third-order valence-corrected chi connectivity index (χ3v) is 10.5. The fourth-order valence-corrected chi connectivity index (χ4v) is 7.96. The Labute approximate surface area is 275 Å². The normalized spacial score (nSPS) is 17.4. The van der Waals surface area contributed by atoms with Crippen LogP contribution in [0.15, 0.2) is 36.4 Å². The molecule has 9 heteroatoms. The van der Waals surface area contributed by atoms with Gasteiger partial charge in [0.15, 0.2) is 11.2 Å². The van der Waals surface area contributed by atoms with E-state index in [0.717, 1.165) is 83.3 Å². The first kappa shape index (κ1) is 31.8. The van der Waals surface area contributed by atoms with Gasteiger partial charge in [0.1, 0.15) is 5.52 Å². The molecule has 2 aromatic carbocycles. The summed E-state index contributed by atoms with van der Waals surface area (Å²) in [5.74, 6) is -0.995. The van der Waals surface area contributed by atoms with Gasteiger partial charge in [-0.15, -0.1) is 0 Å². The Morgan fingerprint density at radius 1 is 1.02 bits per heavy atom. The van der Waals surface area contributed by atoms with Gasteiger partial charge < -0.3 is 19.6 Å². The van der Waals surface area contributed by atoms with Crippen molar-refractivity contribution in [3.05, 3.63) is 69.5 Å². The molecule has 45 heavy (non-hydrogen) atoms. The molecule has 1 atom stereocenters. The molecule has 0 aliphatic carbocycles. The Morgan fingerprint density at radius 2 is 1.76 bits per heavy atom. The number of hydrogen-bond donors (Lipinski definition) is 1. The molecular formula is C36H43ClN4O3S. The predicted molar refractivity (Wildman–Crippen MR) is 185 cm³/mol. The fraction of sp³-hybridized carbons (Fsp3) is 0.472. The number of fused-ring (bicyclic) bond motifs is 2. The lowest BCUT2D eigenvalue weighted by atomic mass is 9.81. The molecule has 0 radical (unpaired) electrons. The maximum atomic E-state index is 12.8. The highest BCUT2D eigenvalue weighted by atomic mass is 35.5. The van der Waals surface area contributed by atoms with Crippen LogP contribution in [0.25, 0.3) is 21.3 Å². The van der Waals surface area contributed by atoms with Gasteiger partial charge in [-0.3, -0.25) is 4.98 Å². The minimum Gasteiger partial charge on any atom is -0.479 e. The van der Waals surface area contributed by atoms with Crippen LogP contribution >= 0.6 is 22.9 Å². The van der Waals surface area contributed by atoms with Gasteiger partial charge >= 0.3 is 5.97 Å². The van der Waals surface area contributed by atoms with Gasteiger partial charge in [0.05, 0.1) is 21.0 Å². The topological polar surface area (TPSA) is 78.8 Å². The van der Waals surface area contributed by atoms with E-state index in [4.69, 9.17) is 26.3 Å². The van der Waals surface area contributed by atoms with Crippen LogP contribution in [-0.4, -0.2) is 46.3 Å². The Morgan fingerprint density at radius 3 is 2.42 bits per heavy atom. The molecule has 1 fully saturated rings. The van der Waals surface area contributed by atoms with Crippen molar-refractivity contribution >= 4 is 49.9 Å². The van der Waals surface area contributed by atoms with Crippen LogP contribution in [0.4, 0.5) is 10.8 Å². The van der Waals surface area contributed by atoms with Crippen molar-refractivity contribution in [2.45, 2.75) is 86.0 Å². The average Bonchev–Trinajstić information content (AvgIpc) is 3.41. The summed E-state index contributed by atoms with van der Waals surface area (Å²) >= 11 is 8.11. The van der Waals surface area contributed by atoms with Crippen LogP contribution < -0.4 is 9.80 Å². The molecule has 2 aromatic heterocycles. The quantitative estimate of drug-likeness (QED) is 0.224. The molecule has 0 amide bonds. The van der Waals surface area contributed by atoms with E-state index in [1.807, 2.05) is 46.8 Å². The molecule has 6 rings (SSSR count). The van der Waals surface area contributed by atoms with Crippen LogP contribution in [-0.2, 0) is 22.5 Å². The van der Waals surface area contributed by atoms with Gasteiger partial charge in [-0.25, -0.2) is 9.78 Å². The van der Waals surface area contributed by atoms with E-state index in [-0.39, 0.29) is 5.41 Å². The van der Waals surface area contributed by atoms with Crippen LogP contribution in [0.5, 0.6) is 0 Å². The molecule has 238 valence electrons. The number of benzene rings is 2. The van der Waals surface area contributed by atoms with Crippen LogP contribution in [0.2, 0.25) is 5.02 Å². The highest BCUT2D eigenvalue weighted by Crippen LogP contribution is 2.45. The number of halogens is 1. The summed E-state index contributed by atoms with van der Waals surface area (Å²) in [6.07, 6.45) is 1.81. The predicted octanol–water partition coefficient (Wildman–Crippen LogP) is 8.76. The first-order valence-corrected chi connectivity index (χ1v) is 17.0. The van der Waals surface area contributed by atoms with E-state index >= 15 is 0 Å². The van der Waals surface area contributed by atoms with E-state index < -0.39 is 17.7 Å². The van der Waals surface area contributed by atoms with Crippen LogP contribution in [0.1, 0.15) is 81.6 Å². The van der Waals surface area contributed by atoms with E-state index in [1.54, 1.807) is 11.3 Å². The van der Waals surface area contributed by atoms with Gasteiger partial charge in [-0.05, 0) is 88.1 Å². The van der Waals surface area contributed by atoms with E-state index in [2.05, 4.69) is 47.9 Å². The molecular weight excluding hydrogens is 604 g/mol. The molecule has 1 N–H and O–H groups in total. The number of anilines is 2. The van der Waals surface area contributed by atoms with Crippen molar-refractivity contribution in [3.63, 3.8) is 0 Å². The third kappa shape index (κ3) is 6.42. The van der Waals surface area contributed by atoms with Crippen molar-refractivity contribution in [1.82, 2.24) is 9.97 Å². The number of ether oxygens (including phenoxy) is 1. The second-order valence-electron chi connectivity index (χ2n) is 14.3. The summed E-state index contributed by atoms with van der Waals surface area (Å²) in [4.78, 5) is 27.4. The maximum absolute atomic E-state index is 12.8. The van der Waals surface area contributed by atoms with Gasteiger partial charge in [-0.2, -0.15) is 0 Å². The zero-order valence-corrected chi connectivity index (χ0v) is 28.9. The summed E-state index contributed by atoms with van der Waals surface area (Å²) < 4.78 is 7.36. The van der Waals surface area contributed by atoms with Gasteiger partial charge in [0.25, 0.3) is 0 Å². The first-order chi connectivity index (χ1) is 21.2. The van der Waals surface area contributed by atoms with Gasteiger partial charge in [0, 0.05) is 48.7 Å². The number of para-hydroxylation sites is 1.